The molecule has 57 heavy (non-hydrogen) atoms. The molecule has 0 amide bonds. The van der Waals surface area contributed by atoms with E-state index in [9.17, 15) is 24.3 Å². The molecule has 3 aromatic rings. The second kappa shape index (κ2) is 43.1. The maximum atomic E-state index is 11.5. The van der Waals surface area contributed by atoms with Gasteiger partial charge in [0.15, 0.2) is 0 Å². The minimum absolute atomic E-state index is 0.128. The van der Waals surface area contributed by atoms with Crippen LogP contribution in [-0.2, 0) is 52.7 Å². The first-order valence-corrected chi connectivity index (χ1v) is 21.4. The van der Waals surface area contributed by atoms with Gasteiger partial charge in [-0.15, -0.1) is 0 Å². The SMILES string of the molecule is C=C(C(=O)OCC)C(O)CCc1ccccc1.C=CC(=O)OCC.CCOC(=O)/C(=C/CCc1ccccc1)CBr.CSC.O=CCCc1ccccc1.[B]=NS. The number of carbonyl (C=O) groups is 4. The van der Waals surface area contributed by atoms with Gasteiger partial charge in [0.1, 0.15) is 6.29 Å². The summed E-state index contributed by atoms with van der Waals surface area (Å²) in [5.74, 6) is -1.10. The van der Waals surface area contributed by atoms with E-state index in [0.29, 0.717) is 50.0 Å². The average molecular weight is 886 g/mol. The topological polar surface area (TPSA) is 129 Å². The number of hydrogen-bond donors (Lipinski definition) is 2. The van der Waals surface area contributed by atoms with E-state index in [1.165, 1.54) is 11.1 Å². The first-order valence-electron chi connectivity index (χ1n) is 18.2. The van der Waals surface area contributed by atoms with Gasteiger partial charge in [-0.1, -0.05) is 126 Å². The van der Waals surface area contributed by atoms with E-state index in [2.05, 4.69) is 70.7 Å². The molecule has 0 saturated carbocycles. The molecule has 1 N–H and O–H groups in total. The molecular formula is C44H60BBrNO8S2. The Morgan fingerprint density at radius 2 is 1.18 bits per heavy atom. The van der Waals surface area contributed by atoms with Crippen molar-refractivity contribution in [3.05, 3.63) is 144 Å². The summed E-state index contributed by atoms with van der Waals surface area (Å²) in [4.78, 5) is 42.9. The van der Waals surface area contributed by atoms with Crippen molar-refractivity contribution >= 4 is 72.3 Å². The van der Waals surface area contributed by atoms with Gasteiger partial charge < -0.3 is 24.1 Å². The molecule has 0 heterocycles. The van der Waals surface area contributed by atoms with Crippen molar-refractivity contribution in [2.75, 3.05) is 37.7 Å². The Labute approximate surface area is 360 Å². The molecule has 13 heteroatoms. The normalized spacial score (nSPS) is 9.98. The number of aliphatic hydroxyl groups is 1. The van der Waals surface area contributed by atoms with Gasteiger partial charge in [0.2, 0.25) is 0 Å². The van der Waals surface area contributed by atoms with Crippen LogP contribution in [0.2, 0.25) is 0 Å². The fraction of sp³-hybridized carbons (Fsp3) is 0.364. The van der Waals surface area contributed by atoms with Crippen LogP contribution in [0.1, 0.15) is 56.7 Å². The number of thiol groups is 1. The molecule has 0 aliphatic heterocycles. The summed E-state index contributed by atoms with van der Waals surface area (Å²) in [5, 5.41) is 10.3. The van der Waals surface area contributed by atoms with Crippen molar-refractivity contribution < 1.29 is 38.5 Å². The van der Waals surface area contributed by atoms with Crippen LogP contribution in [0.25, 0.3) is 0 Å². The monoisotopic (exact) mass is 884 g/mol. The van der Waals surface area contributed by atoms with Gasteiger partial charge in [0.05, 0.1) is 31.5 Å². The van der Waals surface area contributed by atoms with E-state index in [-0.39, 0.29) is 17.5 Å². The number of aliphatic hydroxyl groups excluding tert-OH is 1. The Hall–Kier alpha value is -4.04. The van der Waals surface area contributed by atoms with E-state index in [1.807, 2.05) is 104 Å². The Balaban J connectivity index is -0.000000679. The number of alkyl halides is 1. The maximum absolute atomic E-state index is 11.5. The van der Waals surface area contributed by atoms with Crippen molar-refractivity contribution in [3.8, 4) is 0 Å². The van der Waals surface area contributed by atoms with Crippen LogP contribution in [0.15, 0.2) is 132 Å². The number of nitrogens with zero attached hydrogens (tertiary/aromatic N) is 1. The van der Waals surface area contributed by atoms with Crippen molar-refractivity contribution in [3.63, 3.8) is 0 Å². The van der Waals surface area contributed by atoms with Crippen LogP contribution in [0, 0.1) is 0 Å². The zero-order valence-corrected chi connectivity index (χ0v) is 37.3. The second-order valence-corrected chi connectivity index (χ2v) is 12.7. The third-order valence-electron chi connectivity index (χ3n) is 6.68. The molecule has 9 nitrogen and oxygen atoms in total. The fourth-order valence-electron chi connectivity index (χ4n) is 4.03. The van der Waals surface area contributed by atoms with Crippen LogP contribution in [0.4, 0.5) is 0 Å². The number of rotatable bonds is 17. The average Bonchev–Trinajstić information content (AvgIpc) is 3.23. The van der Waals surface area contributed by atoms with Crippen molar-refractivity contribution in [2.45, 2.75) is 65.4 Å². The number of thioether (sulfide) groups is 1. The molecule has 0 saturated heterocycles. The fourth-order valence-corrected chi connectivity index (χ4v) is 4.49. The molecule has 0 aromatic heterocycles. The molecule has 0 bridgehead atoms. The first kappa shape index (κ1) is 57.3. The zero-order valence-electron chi connectivity index (χ0n) is 34.0. The predicted octanol–water partition coefficient (Wildman–Crippen LogP) is 9.32. The van der Waals surface area contributed by atoms with Gasteiger partial charge in [0.25, 0.3) is 0 Å². The number of ether oxygens (including phenoxy) is 3. The summed E-state index contributed by atoms with van der Waals surface area (Å²) in [6.45, 7) is 13.2. The molecule has 1 atom stereocenters. The number of aldehydes is 1. The van der Waals surface area contributed by atoms with Crippen LogP contribution in [0.3, 0.4) is 0 Å². The summed E-state index contributed by atoms with van der Waals surface area (Å²) in [6, 6.07) is 30.0. The molecule has 3 rings (SSSR count). The summed E-state index contributed by atoms with van der Waals surface area (Å²) < 4.78 is 16.9. The minimum atomic E-state index is -0.839. The van der Waals surface area contributed by atoms with Gasteiger partial charge in [-0.05, 0) is 82.1 Å². The van der Waals surface area contributed by atoms with Crippen molar-refractivity contribution in [1.29, 1.82) is 0 Å². The zero-order chi connectivity index (χ0) is 43.5. The second-order valence-electron chi connectivity index (χ2n) is 11.1. The Bertz CT molecular complexity index is 1510. The summed E-state index contributed by atoms with van der Waals surface area (Å²) >= 11 is 8.25. The van der Waals surface area contributed by atoms with Gasteiger partial charge in [-0.2, -0.15) is 11.8 Å². The van der Waals surface area contributed by atoms with E-state index >= 15 is 0 Å². The van der Waals surface area contributed by atoms with E-state index in [1.54, 1.807) is 25.6 Å². The van der Waals surface area contributed by atoms with Gasteiger partial charge in [-0.25, -0.2) is 14.4 Å². The molecule has 0 aliphatic rings. The number of hydrogen-bond acceptors (Lipinski definition) is 11. The van der Waals surface area contributed by atoms with Crippen LogP contribution in [-0.4, -0.2) is 80.7 Å². The molecular weight excluding hydrogens is 825 g/mol. The van der Waals surface area contributed by atoms with Gasteiger partial charge in [0, 0.05) is 23.4 Å². The Morgan fingerprint density at radius 3 is 1.53 bits per heavy atom. The number of carbonyl (C=O) groups excluding carboxylic acids is 4. The van der Waals surface area contributed by atoms with Gasteiger partial charge >= 0.3 is 42.7 Å². The van der Waals surface area contributed by atoms with Crippen molar-refractivity contribution in [2.24, 2.45) is 4.30 Å². The Kier molecular flexibility index (Phi) is 43.3. The number of esters is 3. The van der Waals surface area contributed by atoms with Crippen molar-refractivity contribution in [1.82, 2.24) is 0 Å². The predicted molar refractivity (Wildman–Crippen MR) is 244 cm³/mol. The molecule has 0 spiro atoms. The van der Waals surface area contributed by atoms with E-state index < -0.39 is 12.1 Å². The Morgan fingerprint density at radius 1 is 0.789 bits per heavy atom. The molecule has 1 unspecified atom stereocenters. The van der Waals surface area contributed by atoms with E-state index in [0.717, 1.165) is 37.2 Å². The molecule has 0 aliphatic carbocycles. The van der Waals surface area contributed by atoms with E-state index in [4.69, 9.17) is 9.47 Å². The molecule has 0 fully saturated rings. The molecule has 3 aromatic carbocycles. The quantitative estimate of drug-likeness (QED) is 0.0259. The number of aryl methyl sites for hydroxylation is 3. The van der Waals surface area contributed by atoms with Gasteiger partial charge in [-0.3, -0.25) is 0 Å². The summed E-state index contributed by atoms with van der Waals surface area (Å²) in [5.41, 5.74) is 4.46. The number of benzene rings is 3. The van der Waals surface area contributed by atoms with Crippen LogP contribution >= 0.6 is 40.5 Å². The standard InChI is InChI=1S/C14H17BrO2.C14H18O3.C9H10O.C5H8O2.C2H6S.BHNS/c1-2-17-14(16)13(11-15)10-6-9-12-7-4-3-5-8-12;1-3-17-14(16)11(2)13(15)10-9-12-7-5-4-6-8-12;10-8-4-7-9-5-2-1-3-6-9;1-3-5(6)7-4-2;1-3-2;1-2-3/h3-5,7-8,10H,2,6,9,11H2,1H3;4-8,13,15H,2-3,9-10H2,1H3;1-3,5-6,8H,4,7H2;3H,1,4H2,2H3;1-2H3;3H/b13-10+;;;;;. The third-order valence-corrected chi connectivity index (χ3v) is 7.29. The van der Waals surface area contributed by atoms with Crippen LogP contribution < -0.4 is 0 Å². The molecule has 1 radical (unpaired) electrons. The third kappa shape index (κ3) is 36.1. The van der Waals surface area contributed by atoms with Crippen LogP contribution in [0.5, 0.6) is 0 Å². The first-order chi connectivity index (χ1) is 27.5. The number of allylic oxidation sites excluding steroid dienone is 1. The molecule has 311 valence electrons. The summed E-state index contributed by atoms with van der Waals surface area (Å²) in [6.07, 6.45) is 11.8. The summed E-state index contributed by atoms with van der Waals surface area (Å²) in [7, 11) is 4.34. The number of halogens is 1.